The van der Waals surface area contributed by atoms with E-state index in [1.54, 1.807) is 6.92 Å². The molecule has 0 radical (unpaired) electrons. The molecule has 1 N–H and O–H groups in total. The van der Waals surface area contributed by atoms with Gasteiger partial charge in [-0.15, -0.1) is 0 Å². The second-order valence-corrected chi connectivity index (χ2v) is 3.35. The van der Waals surface area contributed by atoms with Gasteiger partial charge in [0.25, 0.3) is 0 Å². The molecular formula is C7H14FN. The average molecular weight is 131 g/mol. The maximum atomic E-state index is 13.1. The zero-order chi connectivity index (χ0) is 6.91. The number of nitrogens with one attached hydrogen (secondary N) is 1. The first-order valence-corrected chi connectivity index (χ1v) is 3.50. The van der Waals surface area contributed by atoms with Crippen LogP contribution in [0.2, 0.25) is 0 Å². The van der Waals surface area contributed by atoms with Crippen LogP contribution in [0.5, 0.6) is 0 Å². The first-order chi connectivity index (χ1) is 4.10. The molecule has 1 rings (SSSR count). The van der Waals surface area contributed by atoms with E-state index >= 15 is 0 Å². The van der Waals surface area contributed by atoms with Gasteiger partial charge in [-0.3, -0.25) is 0 Å². The molecule has 0 aromatic heterocycles. The molecule has 2 heteroatoms. The summed E-state index contributed by atoms with van der Waals surface area (Å²) in [5.74, 6) is 0.494. The molecule has 0 unspecified atom stereocenters. The molecule has 2 atom stereocenters. The molecule has 0 bridgehead atoms. The summed E-state index contributed by atoms with van der Waals surface area (Å²) in [5.41, 5.74) is -0.961. The van der Waals surface area contributed by atoms with Crippen molar-refractivity contribution < 1.29 is 4.39 Å². The molecule has 1 aliphatic heterocycles. The van der Waals surface area contributed by atoms with Crippen molar-refractivity contribution in [2.75, 3.05) is 13.1 Å². The Morgan fingerprint density at radius 2 is 2.33 bits per heavy atom. The Kier molecular flexibility index (Phi) is 1.75. The fourth-order valence-electron chi connectivity index (χ4n) is 1.45. The second-order valence-electron chi connectivity index (χ2n) is 3.35. The Bertz CT molecular complexity index is 101. The highest BCUT2D eigenvalue weighted by Crippen LogP contribution is 2.23. The molecule has 1 nitrogen and oxygen atoms in total. The lowest BCUT2D eigenvalue weighted by atomic mass is 9.91. The summed E-state index contributed by atoms with van der Waals surface area (Å²) in [7, 11) is 0. The molecule has 0 aliphatic carbocycles. The van der Waals surface area contributed by atoms with E-state index < -0.39 is 5.67 Å². The normalized spacial score (nSPS) is 45.0. The number of rotatable bonds is 0. The van der Waals surface area contributed by atoms with E-state index in [9.17, 15) is 4.39 Å². The lowest BCUT2D eigenvalue weighted by Crippen LogP contribution is -2.43. The summed E-state index contributed by atoms with van der Waals surface area (Å²) in [5, 5.41) is 3.05. The Hall–Kier alpha value is -0.110. The maximum Gasteiger partial charge on any atom is 0.120 e. The first-order valence-electron chi connectivity index (χ1n) is 3.50. The van der Waals surface area contributed by atoms with Crippen molar-refractivity contribution in [2.24, 2.45) is 5.92 Å². The van der Waals surface area contributed by atoms with Crippen molar-refractivity contribution in [1.29, 1.82) is 0 Å². The number of hydrogen-bond donors (Lipinski definition) is 1. The third-order valence-electron chi connectivity index (χ3n) is 1.76. The van der Waals surface area contributed by atoms with Gasteiger partial charge in [-0.05, 0) is 25.8 Å². The lowest BCUT2D eigenvalue weighted by Gasteiger charge is -2.30. The molecular weight excluding hydrogens is 117 g/mol. The topological polar surface area (TPSA) is 12.0 Å². The summed E-state index contributed by atoms with van der Waals surface area (Å²) in [6.07, 6.45) is 0.708. The van der Waals surface area contributed by atoms with Crippen molar-refractivity contribution in [1.82, 2.24) is 5.32 Å². The van der Waals surface area contributed by atoms with Gasteiger partial charge in [-0.1, -0.05) is 6.92 Å². The van der Waals surface area contributed by atoms with Gasteiger partial charge >= 0.3 is 0 Å². The summed E-state index contributed by atoms with van der Waals surface area (Å²) in [6, 6.07) is 0. The Morgan fingerprint density at radius 1 is 1.67 bits per heavy atom. The zero-order valence-corrected chi connectivity index (χ0v) is 6.08. The van der Waals surface area contributed by atoms with Gasteiger partial charge in [-0.25, -0.2) is 4.39 Å². The molecule has 1 saturated heterocycles. The summed E-state index contributed by atoms with van der Waals surface area (Å²) < 4.78 is 13.1. The fourth-order valence-corrected chi connectivity index (χ4v) is 1.45. The Labute approximate surface area is 55.6 Å². The maximum absolute atomic E-state index is 13.1. The number of alkyl halides is 1. The number of halogens is 1. The van der Waals surface area contributed by atoms with E-state index in [1.807, 2.05) is 0 Å². The quantitative estimate of drug-likeness (QED) is 0.523. The highest BCUT2D eigenvalue weighted by atomic mass is 19.1. The minimum Gasteiger partial charge on any atom is -0.313 e. The Balaban J connectivity index is 2.41. The van der Waals surface area contributed by atoms with Crippen LogP contribution < -0.4 is 5.32 Å². The zero-order valence-electron chi connectivity index (χ0n) is 6.08. The molecule has 1 heterocycles. The van der Waals surface area contributed by atoms with Crippen LogP contribution >= 0.6 is 0 Å². The summed E-state index contributed by atoms with van der Waals surface area (Å²) in [4.78, 5) is 0. The van der Waals surface area contributed by atoms with Crippen LogP contribution in [0.25, 0.3) is 0 Å². The van der Waals surface area contributed by atoms with E-state index in [0.29, 0.717) is 18.9 Å². The molecule has 1 fully saturated rings. The minimum atomic E-state index is -0.961. The van der Waals surface area contributed by atoms with Crippen LogP contribution in [0, 0.1) is 5.92 Å². The van der Waals surface area contributed by atoms with E-state index in [-0.39, 0.29) is 0 Å². The predicted molar refractivity (Wildman–Crippen MR) is 36.2 cm³/mol. The SMILES string of the molecule is C[C@@H]1CNC[C@@](C)(F)C1. The van der Waals surface area contributed by atoms with Crippen molar-refractivity contribution in [3.63, 3.8) is 0 Å². The van der Waals surface area contributed by atoms with Crippen molar-refractivity contribution in [3.05, 3.63) is 0 Å². The molecule has 0 aromatic rings. The molecule has 0 spiro atoms. The largest absolute Gasteiger partial charge is 0.313 e. The standard InChI is InChI=1S/C7H14FN/c1-6-3-7(2,8)5-9-4-6/h6,9H,3-5H2,1-2H3/t6-,7-/m0/s1. The molecule has 1 aliphatic rings. The van der Waals surface area contributed by atoms with Crippen LogP contribution in [0.15, 0.2) is 0 Å². The lowest BCUT2D eigenvalue weighted by molar-refractivity contribution is 0.116. The van der Waals surface area contributed by atoms with Gasteiger partial charge in [0.1, 0.15) is 5.67 Å². The monoisotopic (exact) mass is 131 g/mol. The van der Waals surface area contributed by atoms with Crippen LogP contribution in [0.4, 0.5) is 4.39 Å². The van der Waals surface area contributed by atoms with Crippen LogP contribution in [0.3, 0.4) is 0 Å². The van der Waals surface area contributed by atoms with Gasteiger partial charge in [0.15, 0.2) is 0 Å². The smallest absolute Gasteiger partial charge is 0.120 e. The van der Waals surface area contributed by atoms with Crippen LogP contribution in [0.1, 0.15) is 20.3 Å². The Morgan fingerprint density at radius 3 is 2.67 bits per heavy atom. The first kappa shape index (κ1) is 7.00. The number of hydrogen-bond acceptors (Lipinski definition) is 1. The molecule has 9 heavy (non-hydrogen) atoms. The third-order valence-corrected chi connectivity index (χ3v) is 1.76. The van der Waals surface area contributed by atoms with E-state index in [2.05, 4.69) is 12.2 Å². The van der Waals surface area contributed by atoms with Gasteiger partial charge in [-0.2, -0.15) is 0 Å². The summed E-state index contributed by atoms with van der Waals surface area (Å²) in [6.45, 7) is 5.23. The van der Waals surface area contributed by atoms with E-state index in [0.717, 1.165) is 6.54 Å². The highest BCUT2D eigenvalue weighted by Gasteiger charge is 2.29. The second kappa shape index (κ2) is 2.25. The van der Waals surface area contributed by atoms with E-state index in [4.69, 9.17) is 0 Å². The highest BCUT2D eigenvalue weighted by molar-refractivity contribution is 4.83. The van der Waals surface area contributed by atoms with Gasteiger partial charge in [0.05, 0.1) is 0 Å². The summed E-state index contributed by atoms with van der Waals surface area (Å²) >= 11 is 0. The van der Waals surface area contributed by atoms with Gasteiger partial charge in [0.2, 0.25) is 0 Å². The van der Waals surface area contributed by atoms with Crippen molar-refractivity contribution >= 4 is 0 Å². The van der Waals surface area contributed by atoms with Gasteiger partial charge < -0.3 is 5.32 Å². The van der Waals surface area contributed by atoms with Crippen molar-refractivity contribution in [2.45, 2.75) is 25.9 Å². The molecule has 0 aromatic carbocycles. The third kappa shape index (κ3) is 1.94. The predicted octanol–water partition coefficient (Wildman–Crippen LogP) is 1.34. The average Bonchev–Trinajstić information content (AvgIpc) is 1.60. The van der Waals surface area contributed by atoms with Gasteiger partial charge in [0, 0.05) is 6.54 Å². The number of piperidine rings is 1. The van der Waals surface area contributed by atoms with Crippen LogP contribution in [-0.4, -0.2) is 18.8 Å². The fraction of sp³-hybridized carbons (Fsp3) is 1.00. The minimum absolute atomic E-state index is 0.494. The van der Waals surface area contributed by atoms with Crippen LogP contribution in [-0.2, 0) is 0 Å². The molecule has 54 valence electrons. The van der Waals surface area contributed by atoms with Crippen molar-refractivity contribution in [3.8, 4) is 0 Å². The van der Waals surface area contributed by atoms with E-state index in [1.165, 1.54) is 0 Å². The molecule has 0 amide bonds. The molecule has 0 saturated carbocycles.